The van der Waals surface area contributed by atoms with E-state index in [1.807, 2.05) is 13.0 Å². The molecule has 2 unspecified atom stereocenters. The molecule has 2 atom stereocenters. The highest BCUT2D eigenvalue weighted by atomic mass is 32.2. The molecular weight excluding hydrogens is 160 g/mol. The second-order valence-electron chi connectivity index (χ2n) is 2.63. The molecule has 1 rings (SSSR count). The zero-order valence-electron chi connectivity index (χ0n) is 6.96. The lowest BCUT2D eigenvalue weighted by molar-refractivity contribution is -0.139. The summed E-state index contributed by atoms with van der Waals surface area (Å²) in [6.45, 7) is 4.14. The molecule has 0 saturated heterocycles. The van der Waals surface area contributed by atoms with Crippen molar-refractivity contribution >= 4 is 17.7 Å². The van der Waals surface area contributed by atoms with Crippen LogP contribution in [-0.2, 0) is 9.53 Å². The smallest absolute Gasteiger partial charge is 0.322 e. The Morgan fingerprint density at radius 2 is 2.36 bits per heavy atom. The van der Waals surface area contributed by atoms with Crippen LogP contribution in [0.4, 0.5) is 0 Å². The van der Waals surface area contributed by atoms with Crippen molar-refractivity contribution in [1.82, 2.24) is 0 Å². The number of thioether (sulfide) groups is 1. The van der Waals surface area contributed by atoms with E-state index < -0.39 is 0 Å². The normalized spacial score (nSPS) is 29.9. The van der Waals surface area contributed by atoms with E-state index in [2.05, 4.69) is 11.7 Å². The molecule has 0 aromatic carbocycles. The van der Waals surface area contributed by atoms with Gasteiger partial charge in [0, 0.05) is 5.25 Å². The summed E-state index contributed by atoms with van der Waals surface area (Å²) in [5.41, 5.74) is 1.27. The first-order valence-electron chi connectivity index (χ1n) is 3.56. The molecule has 1 heterocycles. The maximum atomic E-state index is 11.0. The lowest BCUT2D eigenvalue weighted by Crippen LogP contribution is -2.14. The largest absolute Gasteiger partial charge is 0.468 e. The maximum Gasteiger partial charge on any atom is 0.322 e. The fraction of sp³-hybridized carbons (Fsp3) is 0.625. The van der Waals surface area contributed by atoms with Gasteiger partial charge in [-0.2, -0.15) is 0 Å². The van der Waals surface area contributed by atoms with E-state index in [9.17, 15) is 4.79 Å². The highest BCUT2D eigenvalue weighted by Crippen LogP contribution is 2.32. The molecular formula is C8H12O2S. The van der Waals surface area contributed by atoms with E-state index in [-0.39, 0.29) is 11.2 Å². The minimum atomic E-state index is -0.140. The average Bonchev–Trinajstić information content (AvgIpc) is 2.31. The molecule has 0 radical (unpaired) electrons. The molecule has 0 aromatic heterocycles. The highest BCUT2D eigenvalue weighted by Gasteiger charge is 2.26. The van der Waals surface area contributed by atoms with Crippen LogP contribution in [0.2, 0.25) is 0 Å². The van der Waals surface area contributed by atoms with Gasteiger partial charge in [-0.3, -0.25) is 4.79 Å². The molecule has 0 saturated carbocycles. The molecule has 3 heteroatoms. The second-order valence-corrected chi connectivity index (χ2v) is 4.12. The molecule has 1 aliphatic heterocycles. The second kappa shape index (κ2) is 3.30. The van der Waals surface area contributed by atoms with Gasteiger partial charge in [-0.15, -0.1) is 11.8 Å². The minimum absolute atomic E-state index is 0.0741. The fourth-order valence-electron chi connectivity index (χ4n) is 0.981. The predicted octanol–water partition coefficient (Wildman–Crippen LogP) is 1.61. The topological polar surface area (TPSA) is 26.3 Å². The Kier molecular flexibility index (Phi) is 2.60. The van der Waals surface area contributed by atoms with Gasteiger partial charge >= 0.3 is 5.97 Å². The van der Waals surface area contributed by atoms with Gasteiger partial charge in [0.15, 0.2) is 0 Å². The molecule has 0 N–H and O–H groups in total. The van der Waals surface area contributed by atoms with Crippen molar-refractivity contribution < 1.29 is 9.53 Å². The van der Waals surface area contributed by atoms with E-state index >= 15 is 0 Å². The SMILES string of the molecule is COC(=O)C1C=C(C)C(C)S1. The van der Waals surface area contributed by atoms with Gasteiger partial charge in [-0.1, -0.05) is 11.6 Å². The first-order chi connectivity index (χ1) is 5.15. The van der Waals surface area contributed by atoms with Crippen molar-refractivity contribution in [2.24, 2.45) is 0 Å². The van der Waals surface area contributed by atoms with E-state index in [0.29, 0.717) is 5.25 Å². The Morgan fingerprint density at radius 1 is 1.73 bits per heavy atom. The predicted molar refractivity (Wildman–Crippen MR) is 46.6 cm³/mol. The third-order valence-corrected chi connectivity index (χ3v) is 3.24. The van der Waals surface area contributed by atoms with Gasteiger partial charge in [0.2, 0.25) is 0 Å². The molecule has 0 aliphatic carbocycles. The first kappa shape index (κ1) is 8.65. The quantitative estimate of drug-likeness (QED) is 0.444. The summed E-state index contributed by atoms with van der Waals surface area (Å²) in [6, 6.07) is 0. The summed E-state index contributed by atoms with van der Waals surface area (Å²) in [5.74, 6) is -0.140. The zero-order chi connectivity index (χ0) is 8.43. The molecule has 2 nitrogen and oxygen atoms in total. The van der Waals surface area contributed by atoms with Crippen molar-refractivity contribution in [3.63, 3.8) is 0 Å². The summed E-state index contributed by atoms with van der Waals surface area (Å²) in [5, 5.41) is 0.383. The van der Waals surface area contributed by atoms with Crippen LogP contribution in [0.25, 0.3) is 0 Å². The summed E-state index contributed by atoms with van der Waals surface area (Å²) in [4.78, 5) is 11.0. The van der Waals surface area contributed by atoms with Gasteiger partial charge in [0.05, 0.1) is 7.11 Å². The Balaban J connectivity index is 2.60. The number of methoxy groups -OCH3 is 1. The lowest BCUT2D eigenvalue weighted by atomic mass is 10.2. The summed E-state index contributed by atoms with van der Waals surface area (Å²) >= 11 is 1.64. The number of carbonyl (C=O) groups is 1. The highest BCUT2D eigenvalue weighted by molar-refractivity contribution is 8.01. The number of esters is 1. The molecule has 0 fully saturated rings. The van der Waals surface area contributed by atoms with Crippen molar-refractivity contribution in [1.29, 1.82) is 0 Å². The van der Waals surface area contributed by atoms with Gasteiger partial charge in [0.25, 0.3) is 0 Å². The van der Waals surface area contributed by atoms with Crippen LogP contribution in [-0.4, -0.2) is 23.6 Å². The van der Waals surface area contributed by atoms with Gasteiger partial charge < -0.3 is 4.74 Å². The monoisotopic (exact) mass is 172 g/mol. The van der Waals surface area contributed by atoms with Crippen molar-refractivity contribution in [2.75, 3.05) is 7.11 Å². The Bertz CT molecular complexity index is 198. The first-order valence-corrected chi connectivity index (χ1v) is 4.51. The Morgan fingerprint density at radius 3 is 2.73 bits per heavy atom. The molecule has 11 heavy (non-hydrogen) atoms. The van der Waals surface area contributed by atoms with Crippen LogP contribution < -0.4 is 0 Å². The number of rotatable bonds is 1. The third kappa shape index (κ3) is 1.77. The third-order valence-electron chi connectivity index (χ3n) is 1.84. The summed E-state index contributed by atoms with van der Waals surface area (Å²) < 4.78 is 4.63. The lowest BCUT2D eigenvalue weighted by Gasteiger charge is -2.05. The van der Waals surface area contributed by atoms with Crippen LogP contribution in [0.1, 0.15) is 13.8 Å². The number of ether oxygens (including phenoxy) is 1. The minimum Gasteiger partial charge on any atom is -0.468 e. The van der Waals surface area contributed by atoms with Crippen LogP contribution >= 0.6 is 11.8 Å². The number of hydrogen-bond acceptors (Lipinski definition) is 3. The Hall–Kier alpha value is -0.440. The van der Waals surface area contributed by atoms with Gasteiger partial charge in [-0.25, -0.2) is 0 Å². The van der Waals surface area contributed by atoms with Crippen LogP contribution in [0.3, 0.4) is 0 Å². The van der Waals surface area contributed by atoms with E-state index in [1.54, 1.807) is 11.8 Å². The van der Waals surface area contributed by atoms with Gasteiger partial charge in [-0.05, 0) is 13.8 Å². The van der Waals surface area contributed by atoms with E-state index in [1.165, 1.54) is 12.7 Å². The standard InChI is InChI=1S/C8H12O2S/c1-5-4-7(8(9)10-3)11-6(5)2/h4,6-7H,1-3H3. The zero-order valence-corrected chi connectivity index (χ0v) is 7.77. The van der Waals surface area contributed by atoms with Gasteiger partial charge in [0.1, 0.15) is 5.25 Å². The maximum absolute atomic E-state index is 11.0. The fourth-order valence-corrected chi connectivity index (χ4v) is 2.21. The molecule has 0 aromatic rings. The van der Waals surface area contributed by atoms with Crippen LogP contribution in [0.15, 0.2) is 11.6 Å². The Labute approximate surface area is 71.0 Å². The van der Waals surface area contributed by atoms with E-state index in [4.69, 9.17) is 0 Å². The molecule has 0 bridgehead atoms. The summed E-state index contributed by atoms with van der Waals surface area (Å²) in [7, 11) is 1.43. The summed E-state index contributed by atoms with van der Waals surface area (Å²) in [6.07, 6.45) is 1.97. The van der Waals surface area contributed by atoms with Crippen LogP contribution in [0, 0.1) is 0 Å². The van der Waals surface area contributed by atoms with E-state index in [0.717, 1.165) is 0 Å². The average molecular weight is 172 g/mol. The number of carbonyl (C=O) groups excluding carboxylic acids is 1. The van der Waals surface area contributed by atoms with Crippen molar-refractivity contribution in [2.45, 2.75) is 24.3 Å². The van der Waals surface area contributed by atoms with Crippen molar-refractivity contribution in [3.05, 3.63) is 11.6 Å². The molecule has 0 amide bonds. The number of hydrogen-bond donors (Lipinski definition) is 0. The molecule has 62 valence electrons. The molecule has 1 aliphatic rings. The van der Waals surface area contributed by atoms with Crippen molar-refractivity contribution in [3.8, 4) is 0 Å². The van der Waals surface area contributed by atoms with Crippen LogP contribution in [0.5, 0.6) is 0 Å². The molecule has 0 spiro atoms.